The van der Waals surface area contributed by atoms with Gasteiger partial charge in [0.25, 0.3) is 0 Å². The van der Waals surface area contributed by atoms with E-state index in [1.165, 1.54) is 11.9 Å². The second kappa shape index (κ2) is 8.05. The average Bonchev–Trinajstić information content (AvgIpc) is 2.72. The summed E-state index contributed by atoms with van der Waals surface area (Å²) in [6.07, 6.45) is 6.00. The molecule has 1 fully saturated rings. The van der Waals surface area contributed by atoms with Crippen LogP contribution in [0, 0.1) is 5.92 Å². The first-order chi connectivity index (χ1) is 14.3. The first-order valence-electron chi connectivity index (χ1n) is 10.6. The van der Waals surface area contributed by atoms with Crippen molar-refractivity contribution in [1.82, 2.24) is 15.3 Å². The third-order valence-corrected chi connectivity index (χ3v) is 6.10. The second-order valence-corrected chi connectivity index (χ2v) is 8.76. The van der Waals surface area contributed by atoms with E-state index in [1.54, 1.807) is 6.92 Å². The molecule has 1 saturated carbocycles. The zero-order valence-electron chi connectivity index (χ0n) is 17.8. The summed E-state index contributed by atoms with van der Waals surface area (Å²) in [5.74, 6) is 1.95. The summed E-state index contributed by atoms with van der Waals surface area (Å²) in [5, 5.41) is 2.95. The molecule has 0 bridgehead atoms. The van der Waals surface area contributed by atoms with Crippen LogP contribution < -0.4 is 15.8 Å². The fourth-order valence-corrected chi connectivity index (χ4v) is 4.40. The number of amides is 1. The van der Waals surface area contributed by atoms with E-state index in [-0.39, 0.29) is 5.91 Å². The van der Waals surface area contributed by atoms with Crippen molar-refractivity contribution in [1.29, 1.82) is 0 Å². The molecule has 3 N–H and O–H groups in total. The smallest absolute Gasteiger partial charge is 0.246 e. The maximum atomic E-state index is 11.1. The molecule has 30 heavy (non-hydrogen) atoms. The highest BCUT2D eigenvalue weighted by molar-refractivity contribution is 6.09. The standard InChI is InChI=1S/C23H29N5O2/c1-14(29)25-12-15-4-6-16(7-5-15)17-8-10-18(11-9-17)20-23(2,3)30-22-19(28-20)21(24)26-13-27-22/h8-11,13,15-16H,4-7,12H2,1-3H3,(H,25,29)(H2,24,26,27). The molecule has 2 heterocycles. The van der Waals surface area contributed by atoms with Gasteiger partial charge in [-0.05, 0) is 56.9 Å². The van der Waals surface area contributed by atoms with E-state index in [4.69, 9.17) is 15.5 Å². The molecule has 1 amide bonds. The Morgan fingerprint density at radius 2 is 1.87 bits per heavy atom. The number of carbonyl (C=O) groups excluding carboxylic acids is 1. The van der Waals surface area contributed by atoms with Gasteiger partial charge in [0, 0.05) is 19.0 Å². The molecule has 0 unspecified atom stereocenters. The number of nitrogens with zero attached hydrogens (tertiary/aromatic N) is 3. The molecular weight excluding hydrogens is 378 g/mol. The largest absolute Gasteiger partial charge is 0.463 e. The van der Waals surface area contributed by atoms with Crippen molar-refractivity contribution in [2.45, 2.75) is 58.0 Å². The first kappa shape index (κ1) is 20.3. The molecule has 1 aromatic heterocycles. The molecular formula is C23H29N5O2. The number of carbonyl (C=O) groups is 1. The van der Waals surface area contributed by atoms with E-state index in [0.717, 1.165) is 43.5 Å². The predicted molar refractivity (Wildman–Crippen MR) is 117 cm³/mol. The second-order valence-electron chi connectivity index (χ2n) is 8.76. The van der Waals surface area contributed by atoms with Crippen LogP contribution in [0.25, 0.3) is 0 Å². The molecule has 1 aliphatic heterocycles. The highest BCUT2D eigenvalue weighted by Gasteiger charge is 2.35. The normalized spacial score (nSPS) is 22.4. The SMILES string of the molecule is CC(=O)NCC1CCC(c2ccc(C3=Nc4c(N)ncnc4OC3(C)C)cc2)CC1. The van der Waals surface area contributed by atoms with Gasteiger partial charge in [0.05, 0.1) is 5.71 Å². The number of fused-ring (bicyclic) bond motifs is 1. The van der Waals surface area contributed by atoms with Crippen LogP contribution in [0.15, 0.2) is 35.6 Å². The van der Waals surface area contributed by atoms with Crippen LogP contribution in [-0.4, -0.2) is 33.7 Å². The van der Waals surface area contributed by atoms with Crippen molar-refractivity contribution in [2.75, 3.05) is 12.3 Å². The maximum Gasteiger partial charge on any atom is 0.246 e. The fourth-order valence-electron chi connectivity index (χ4n) is 4.40. The minimum Gasteiger partial charge on any atom is -0.463 e. The van der Waals surface area contributed by atoms with Gasteiger partial charge in [0.1, 0.15) is 11.9 Å². The number of nitrogens with one attached hydrogen (secondary N) is 1. The van der Waals surface area contributed by atoms with Crippen molar-refractivity contribution in [3.05, 3.63) is 41.7 Å². The lowest BCUT2D eigenvalue weighted by molar-refractivity contribution is -0.119. The van der Waals surface area contributed by atoms with E-state index in [9.17, 15) is 4.79 Å². The van der Waals surface area contributed by atoms with E-state index in [1.807, 2.05) is 13.8 Å². The van der Waals surface area contributed by atoms with Crippen LogP contribution in [0.3, 0.4) is 0 Å². The summed E-state index contributed by atoms with van der Waals surface area (Å²) < 4.78 is 6.07. The van der Waals surface area contributed by atoms with Gasteiger partial charge in [-0.2, -0.15) is 4.98 Å². The zero-order chi connectivity index (χ0) is 21.3. The summed E-state index contributed by atoms with van der Waals surface area (Å²) in [7, 11) is 0. The lowest BCUT2D eigenvalue weighted by Gasteiger charge is -2.32. The number of benzene rings is 1. The molecule has 1 aromatic carbocycles. The average molecular weight is 408 g/mol. The number of hydrogen-bond donors (Lipinski definition) is 2. The molecule has 158 valence electrons. The van der Waals surface area contributed by atoms with Gasteiger partial charge < -0.3 is 15.8 Å². The summed E-state index contributed by atoms with van der Waals surface area (Å²) in [5.41, 5.74) is 9.05. The van der Waals surface area contributed by atoms with Crippen LogP contribution >= 0.6 is 0 Å². The highest BCUT2D eigenvalue weighted by Crippen LogP contribution is 2.39. The Labute approximate surface area is 177 Å². The number of nitrogen functional groups attached to an aromatic ring is 1. The summed E-state index contributed by atoms with van der Waals surface area (Å²) in [6, 6.07) is 8.64. The molecule has 2 aromatic rings. The van der Waals surface area contributed by atoms with Crippen molar-refractivity contribution in [2.24, 2.45) is 10.9 Å². The topological polar surface area (TPSA) is 102 Å². The van der Waals surface area contributed by atoms with Crippen LogP contribution in [0.4, 0.5) is 11.5 Å². The molecule has 2 aliphatic rings. The van der Waals surface area contributed by atoms with Gasteiger partial charge >= 0.3 is 0 Å². The summed E-state index contributed by atoms with van der Waals surface area (Å²) in [4.78, 5) is 24.1. The fraction of sp³-hybridized carbons (Fsp3) is 0.478. The van der Waals surface area contributed by atoms with Gasteiger partial charge in [0.2, 0.25) is 11.8 Å². The van der Waals surface area contributed by atoms with Gasteiger partial charge in [-0.15, -0.1) is 0 Å². The molecule has 7 heteroatoms. The molecule has 0 spiro atoms. The number of nitrogens with two attached hydrogens (primary N) is 1. The Morgan fingerprint density at radius 1 is 1.17 bits per heavy atom. The van der Waals surface area contributed by atoms with Gasteiger partial charge in [0.15, 0.2) is 11.5 Å². The minimum atomic E-state index is -0.614. The summed E-state index contributed by atoms with van der Waals surface area (Å²) >= 11 is 0. The van der Waals surface area contributed by atoms with Gasteiger partial charge in [-0.3, -0.25) is 4.79 Å². The Hall–Kier alpha value is -2.96. The molecule has 0 atom stereocenters. The Balaban J connectivity index is 1.49. The number of ether oxygens (including phenoxy) is 1. The number of aliphatic imine (C=N–C) groups is 1. The van der Waals surface area contributed by atoms with Crippen LogP contribution in [0.1, 0.15) is 63.5 Å². The Morgan fingerprint density at radius 3 is 2.53 bits per heavy atom. The van der Waals surface area contributed by atoms with E-state index >= 15 is 0 Å². The van der Waals surface area contributed by atoms with E-state index in [0.29, 0.717) is 29.2 Å². The lowest BCUT2D eigenvalue weighted by Crippen LogP contribution is -2.41. The number of anilines is 1. The highest BCUT2D eigenvalue weighted by atomic mass is 16.5. The van der Waals surface area contributed by atoms with Crippen molar-refractivity contribution in [3.8, 4) is 5.88 Å². The predicted octanol–water partition coefficient (Wildman–Crippen LogP) is 3.76. The maximum absolute atomic E-state index is 11.1. The monoisotopic (exact) mass is 407 g/mol. The van der Waals surface area contributed by atoms with Gasteiger partial charge in [-0.25, -0.2) is 9.98 Å². The van der Waals surface area contributed by atoms with Crippen molar-refractivity contribution < 1.29 is 9.53 Å². The third-order valence-electron chi connectivity index (χ3n) is 6.10. The number of hydrogen-bond acceptors (Lipinski definition) is 6. The Kier molecular flexibility index (Phi) is 5.45. The molecule has 0 saturated heterocycles. The van der Waals surface area contributed by atoms with E-state index in [2.05, 4.69) is 39.6 Å². The van der Waals surface area contributed by atoms with Crippen LogP contribution in [0.5, 0.6) is 5.88 Å². The van der Waals surface area contributed by atoms with Crippen molar-refractivity contribution in [3.63, 3.8) is 0 Å². The van der Waals surface area contributed by atoms with Gasteiger partial charge in [-0.1, -0.05) is 24.3 Å². The minimum absolute atomic E-state index is 0.0567. The summed E-state index contributed by atoms with van der Waals surface area (Å²) in [6.45, 7) is 6.34. The lowest BCUT2D eigenvalue weighted by atomic mass is 9.78. The molecule has 7 nitrogen and oxygen atoms in total. The Bertz CT molecular complexity index is 960. The third kappa shape index (κ3) is 4.15. The number of aromatic nitrogens is 2. The zero-order valence-corrected chi connectivity index (χ0v) is 17.8. The van der Waals surface area contributed by atoms with E-state index < -0.39 is 5.60 Å². The molecule has 1 aliphatic carbocycles. The van der Waals surface area contributed by atoms with Crippen LogP contribution in [0.2, 0.25) is 0 Å². The first-order valence-corrected chi connectivity index (χ1v) is 10.6. The van der Waals surface area contributed by atoms with Crippen LogP contribution in [-0.2, 0) is 4.79 Å². The quantitative estimate of drug-likeness (QED) is 0.803. The number of rotatable bonds is 4. The molecule has 4 rings (SSSR count). The molecule has 0 radical (unpaired) electrons. The van der Waals surface area contributed by atoms with Crippen molar-refractivity contribution >= 4 is 23.1 Å².